The molecule has 0 bridgehead atoms. The Morgan fingerprint density at radius 2 is 1.93 bits per heavy atom. The van der Waals surface area contributed by atoms with Crippen molar-refractivity contribution in [1.29, 1.82) is 0 Å². The summed E-state index contributed by atoms with van der Waals surface area (Å²) in [5, 5.41) is 0. The Labute approximate surface area is 90.0 Å². The Bertz CT molecular complexity index is 344. The van der Waals surface area contributed by atoms with E-state index in [4.69, 9.17) is 9.47 Å². The Hall–Kier alpha value is -1.51. The van der Waals surface area contributed by atoms with E-state index in [0.29, 0.717) is 17.1 Å². The monoisotopic (exact) mass is 208 g/mol. The first-order chi connectivity index (χ1) is 7.13. The summed E-state index contributed by atoms with van der Waals surface area (Å²) in [6.45, 7) is 3.55. The first kappa shape index (κ1) is 11.6. The smallest absolute Gasteiger partial charge is 0.163 e. The number of rotatable bonds is 4. The van der Waals surface area contributed by atoms with Crippen molar-refractivity contribution in [3.05, 3.63) is 23.3 Å². The second-order valence-electron chi connectivity index (χ2n) is 3.27. The fourth-order valence-electron chi connectivity index (χ4n) is 1.60. The molecule has 0 N–H and O–H groups in total. The van der Waals surface area contributed by atoms with Crippen LogP contribution in [0.4, 0.5) is 0 Å². The van der Waals surface area contributed by atoms with Gasteiger partial charge in [-0.25, -0.2) is 0 Å². The van der Waals surface area contributed by atoms with Gasteiger partial charge in [0.15, 0.2) is 5.78 Å². The van der Waals surface area contributed by atoms with E-state index >= 15 is 0 Å². The second kappa shape index (κ2) is 4.82. The maximum absolute atomic E-state index is 11.5. The zero-order valence-corrected chi connectivity index (χ0v) is 9.59. The zero-order chi connectivity index (χ0) is 11.4. The molecule has 3 heteroatoms. The summed E-state index contributed by atoms with van der Waals surface area (Å²) in [4.78, 5) is 11.5. The summed E-state index contributed by atoms with van der Waals surface area (Å²) in [5.74, 6) is 1.32. The van der Waals surface area contributed by atoms with Gasteiger partial charge in [0.1, 0.15) is 11.5 Å². The summed E-state index contributed by atoms with van der Waals surface area (Å²) in [7, 11) is 3.16. The fraction of sp³-hybridized carbons (Fsp3) is 0.417. The van der Waals surface area contributed by atoms with Crippen molar-refractivity contribution in [1.82, 2.24) is 0 Å². The van der Waals surface area contributed by atoms with Crippen LogP contribution in [0.15, 0.2) is 12.1 Å². The third-order valence-electron chi connectivity index (χ3n) is 2.35. The lowest BCUT2D eigenvalue weighted by Crippen LogP contribution is -2.03. The molecule has 15 heavy (non-hydrogen) atoms. The second-order valence-corrected chi connectivity index (χ2v) is 3.27. The topological polar surface area (TPSA) is 35.5 Å². The summed E-state index contributed by atoms with van der Waals surface area (Å²) in [6.07, 6.45) is 0.780. The van der Waals surface area contributed by atoms with E-state index in [1.54, 1.807) is 27.2 Å². The molecule has 0 radical (unpaired) electrons. The molecular formula is C12H16O3. The highest BCUT2D eigenvalue weighted by molar-refractivity contribution is 5.98. The van der Waals surface area contributed by atoms with Crippen molar-refractivity contribution in [2.45, 2.75) is 20.3 Å². The van der Waals surface area contributed by atoms with Gasteiger partial charge in [0.2, 0.25) is 0 Å². The highest BCUT2D eigenvalue weighted by Crippen LogP contribution is 2.29. The van der Waals surface area contributed by atoms with Crippen molar-refractivity contribution in [2.75, 3.05) is 14.2 Å². The van der Waals surface area contributed by atoms with Crippen molar-refractivity contribution < 1.29 is 14.3 Å². The molecule has 0 unspecified atom stereocenters. The van der Waals surface area contributed by atoms with E-state index in [-0.39, 0.29) is 5.78 Å². The molecule has 0 amide bonds. The van der Waals surface area contributed by atoms with Crippen LogP contribution in [0.3, 0.4) is 0 Å². The molecule has 0 fully saturated rings. The SMILES string of the molecule is CCc1cc(OC)cc(OC)c1C(C)=O. The Balaban J connectivity index is 3.39. The maximum Gasteiger partial charge on any atom is 0.163 e. The molecule has 0 spiro atoms. The molecular weight excluding hydrogens is 192 g/mol. The van der Waals surface area contributed by atoms with E-state index in [9.17, 15) is 4.79 Å². The number of Topliss-reactive ketones (excluding diaryl/α,β-unsaturated/α-hetero) is 1. The third kappa shape index (κ3) is 2.29. The van der Waals surface area contributed by atoms with Gasteiger partial charge in [-0.15, -0.1) is 0 Å². The van der Waals surface area contributed by atoms with Crippen LogP contribution in [0.25, 0.3) is 0 Å². The van der Waals surface area contributed by atoms with Crippen LogP contribution in [0.5, 0.6) is 11.5 Å². The minimum atomic E-state index is 0.0198. The Morgan fingerprint density at radius 3 is 2.33 bits per heavy atom. The van der Waals surface area contributed by atoms with Gasteiger partial charge in [0.25, 0.3) is 0 Å². The van der Waals surface area contributed by atoms with Crippen LogP contribution in [0, 0.1) is 0 Å². The number of hydrogen-bond donors (Lipinski definition) is 0. The molecule has 0 aliphatic heterocycles. The molecule has 1 aromatic rings. The van der Waals surface area contributed by atoms with Crippen molar-refractivity contribution >= 4 is 5.78 Å². The highest BCUT2D eigenvalue weighted by Gasteiger charge is 2.14. The van der Waals surface area contributed by atoms with Crippen molar-refractivity contribution in [3.8, 4) is 11.5 Å². The number of hydrogen-bond acceptors (Lipinski definition) is 3. The highest BCUT2D eigenvalue weighted by atomic mass is 16.5. The quantitative estimate of drug-likeness (QED) is 0.713. The lowest BCUT2D eigenvalue weighted by Gasteiger charge is -2.12. The van der Waals surface area contributed by atoms with E-state index < -0.39 is 0 Å². The van der Waals surface area contributed by atoms with E-state index in [1.807, 2.05) is 13.0 Å². The lowest BCUT2D eigenvalue weighted by molar-refractivity contribution is 0.101. The molecule has 0 saturated carbocycles. The summed E-state index contributed by atoms with van der Waals surface area (Å²) in [5.41, 5.74) is 1.61. The number of methoxy groups -OCH3 is 2. The Kier molecular flexibility index (Phi) is 3.72. The minimum Gasteiger partial charge on any atom is -0.497 e. The number of carbonyl (C=O) groups is 1. The van der Waals surface area contributed by atoms with Crippen LogP contribution in [0.1, 0.15) is 29.8 Å². The van der Waals surface area contributed by atoms with Gasteiger partial charge in [-0.3, -0.25) is 4.79 Å². The molecule has 0 aliphatic carbocycles. The van der Waals surface area contributed by atoms with Gasteiger partial charge >= 0.3 is 0 Å². The molecule has 0 saturated heterocycles. The number of carbonyl (C=O) groups excluding carboxylic acids is 1. The predicted molar refractivity (Wildman–Crippen MR) is 58.9 cm³/mol. The van der Waals surface area contributed by atoms with Crippen LogP contribution < -0.4 is 9.47 Å². The van der Waals surface area contributed by atoms with E-state index in [2.05, 4.69) is 0 Å². The normalized spacial score (nSPS) is 9.87. The van der Waals surface area contributed by atoms with Crippen LogP contribution in [0.2, 0.25) is 0 Å². The number of ether oxygens (including phenoxy) is 2. The molecule has 0 aromatic heterocycles. The zero-order valence-electron chi connectivity index (χ0n) is 9.59. The first-order valence-electron chi connectivity index (χ1n) is 4.89. The van der Waals surface area contributed by atoms with Gasteiger partial charge in [0.05, 0.1) is 19.8 Å². The van der Waals surface area contributed by atoms with Gasteiger partial charge in [0, 0.05) is 6.07 Å². The van der Waals surface area contributed by atoms with Gasteiger partial charge in [-0.1, -0.05) is 6.92 Å². The average Bonchev–Trinajstić information content (AvgIpc) is 2.26. The van der Waals surface area contributed by atoms with E-state index in [0.717, 1.165) is 12.0 Å². The number of benzene rings is 1. The summed E-state index contributed by atoms with van der Waals surface area (Å²) in [6, 6.07) is 3.61. The summed E-state index contributed by atoms with van der Waals surface area (Å²) < 4.78 is 10.3. The van der Waals surface area contributed by atoms with Crippen LogP contribution in [-0.2, 0) is 6.42 Å². The van der Waals surface area contributed by atoms with Crippen LogP contribution >= 0.6 is 0 Å². The van der Waals surface area contributed by atoms with Crippen molar-refractivity contribution in [2.24, 2.45) is 0 Å². The molecule has 0 aliphatic rings. The van der Waals surface area contributed by atoms with Crippen molar-refractivity contribution in [3.63, 3.8) is 0 Å². The third-order valence-corrected chi connectivity index (χ3v) is 2.35. The molecule has 1 aromatic carbocycles. The number of ketones is 1. The first-order valence-corrected chi connectivity index (χ1v) is 4.89. The Morgan fingerprint density at radius 1 is 1.27 bits per heavy atom. The molecule has 82 valence electrons. The molecule has 1 rings (SSSR count). The van der Waals surface area contributed by atoms with Gasteiger partial charge in [-0.05, 0) is 25.0 Å². The largest absolute Gasteiger partial charge is 0.497 e. The average molecular weight is 208 g/mol. The fourth-order valence-corrected chi connectivity index (χ4v) is 1.60. The number of aryl methyl sites for hydroxylation is 1. The van der Waals surface area contributed by atoms with Gasteiger partial charge < -0.3 is 9.47 Å². The molecule has 0 heterocycles. The standard InChI is InChI=1S/C12H16O3/c1-5-9-6-10(14-3)7-11(15-4)12(9)8(2)13/h6-7H,5H2,1-4H3. The van der Waals surface area contributed by atoms with Gasteiger partial charge in [-0.2, -0.15) is 0 Å². The maximum atomic E-state index is 11.5. The molecule has 3 nitrogen and oxygen atoms in total. The molecule has 0 atom stereocenters. The van der Waals surface area contributed by atoms with Crippen LogP contribution in [-0.4, -0.2) is 20.0 Å². The lowest BCUT2D eigenvalue weighted by atomic mass is 10.0. The van der Waals surface area contributed by atoms with E-state index in [1.165, 1.54) is 0 Å². The minimum absolute atomic E-state index is 0.0198. The summed E-state index contributed by atoms with van der Waals surface area (Å²) >= 11 is 0. The predicted octanol–water partition coefficient (Wildman–Crippen LogP) is 2.47.